The second-order valence-electron chi connectivity index (χ2n) is 6.10. The topological polar surface area (TPSA) is 43.9 Å². The molecule has 5 heteroatoms. The fraction of sp³-hybridized carbons (Fsp3) is 0.474. The van der Waals surface area contributed by atoms with E-state index in [1.165, 1.54) is 11.0 Å². The average Bonchev–Trinajstić information content (AvgIpc) is 2.65. The van der Waals surface area contributed by atoms with E-state index in [1.807, 2.05) is 4.90 Å². The molecule has 24 heavy (non-hydrogen) atoms. The number of carbonyl (C=O) groups is 2. The molecule has 0 aromatic heterocycles. The molecule has 1 unspecified atom stereocenters. The Morgan fingerprint density at radius 2 is 1.92 bits per heavy atom. The first-order valence-corrected chi connectivity index (χ1v) is 8.55. The normalized spacial score (nSPS) is 18.3. The first-order valence-electron chi connectivity index (χ1n) is 8.55. The largest absolute Gasteiger partial charge is 0.333 e. The number of hydrogen-bond acceptors (Lipinski definition) is 3. The van der Waals surface area contributed by atoms with Gasteiger partial charge in [-0.2, -0.15) is 0 Å². The van der Waals surface area contributed by atoms with Crippen molar-refractivity contribution in [3.63, 3.8) is 0 Å². The molecule has 130 valence electrons. The standard InChI is InChI=1S/C19H27N3O2/c1-5-16-14-21(7-3)12-13-22(16)19(24)15-8-10-17(11-9-15)20(4)18(23)6-2/h6,8-11,16H,2,5,7,12-14H2,1,3-4H3. The summed E-state index contributed by atoms with van der Waals surface area (Å²) >= 11 is 0. The first-order chi connectivity index (χ1) is 11.5. The molecule has 1 heterocycles. The van der Waals surface area contributed by atoms with Crippen molar-refractivity contribution < 1.29 is 9.59 Å². The number of anilines is 1. The third kappa shape index (κ3) is 3.85. The van der Waals surface area contributed by atoms with Gasteiger partial charge < -0.3 is 9.80 Å². The fourth-order valence-electron chi connectivity index (χ4n) is 3.08. The molecule has 1 aliphatic heterocycles. The summed E-state index contributed by atoms with van der Waals surface area (Å²) in [6.07, 6.45) is 2.23. The van der Waals surface area contributed by atoms with Gasteiger partial charge in [0.05, 0.1) is 0 Å². The third-order valence-electron chi connectivity index (χ3n) is 4.75. The summed E-state index contributed by atoms with van der Waals surface area (Å²) in [6.45, 7) is 11.4. The van der Waals surface area contributed by atoms with Crippen LogP contribution >= 0.6 is 0 Å². The predicted molar refractivity (Wildman–Crippen MR) is 97.3 cm³/mol. The fourth-order valence-corrected chi connectivity index (χ4v) is 3.08. The van der Waals surface area contributed by atoms with Crippen molar-refractivity contribution in [3.05, 3.63) is 42.5 Å². The van der Waals surface area contributed by atoms with Crippen molar-refractivity contribution in [1.29, 1.82) is 0 Å². The lowest BCUT2D eigenvalue weighted by atomic mass is 10.1. The van der Waals surface area contributed by atoms with Crippen LogP contribution in [0.2, 0.25) is 0 Å². The summed E-state index contributed by atoms with van der Waals surface area (Å²) in [5.74, 6) is -0.0994. The van der Waals surface area contributed by atoms with Crippen LogP contribution in [0.25, 0.3) is 0 Å². The molecule has 0 spiro atoms. The summed E-state index contributed by atoms with van der Waals surface area (Å²) in [6, 6.07) is 7.46. The van der Waals surface area contributed by atoms with Gasteiger partial charge in [0, 0.05) is 44.0 Å². The van der Waals surface area contributed by atoms with Gasteiger partial charge in [-0.25, -0.2) is 0 Å². The number of rotatable bonds is 5. The lowest BCUT2D eigenvalue weighted by Crippen LogP contribution is -2.54. The van der Waals surface area contributed by atoms with Crippen molar-refractivity contribution in [2.24, 2.45) is 0 Å². The lowest BCUT2D eigenvalue weighted by Gasteiger charge is -2.41. The van der Waals surface area contributed by atoms with Crippen LogP contribution in [-0.4, -0.2) is 60.9 Å². The summed E-state index contributed by atoms with van der Waals surface area (Å²) in [5.41, 5.74) is 1.42. The Morgan fingerprint density at radius 3 is 2.46 bits per heavy atom. The Bertz CT molecular complexity index is 597. The predicted octanol–water partition coefficient (Wildman–Crippen LogP) is 2.39. The van der Waals surface area contributed by atoms with Crippen LogP contribution in [0.15, 0.2) is 36.9 Å². The van der Waals surface area contributed by atoms with Gasteiger partial charge in [-0.15, -0.1) is 0 Å². The Labute approximate surface area is 144 Å². The zero-order chi connectivity index (χ0) is 17.7. The van der Waals surface area contributed by atoms with E-state index in [2.05, 4.69) is 25.3 Å². The van der Waals surface area contributed by atoms with Crippen LogP contribution < -0.4 is 4.90 Å². The number of benzene rings is 1. The van der Waals surface area contributed by atoms with Gasteiger partial charge in [-0.1, -0.05) is 20.4 Å². The van der Waals surface area contributed by atoms with E-state index in [-0.39, 0.29) is 17.9 Å². The maximum Gasteiger partial charge on any atom is 0.254 e. The zero-order valence-corrected chi connectivity index (χ0v) is 14.9. The number of piperazine rings is 1. The van der Waals surface area contributed by atoms with Crippen LogP contribution in [-0.2, 0) is 4.79 Å². The minimum Gasteiger partial charge on any atom is -0.333 e. The van der Waals surface area contributed by atoms with Crippen LogP contribution in [0.1, 0.15) is 30.6 Å². The molecule has 2 rings (SSSR count). The second-order valence-corrected chi connectivity index (χ2v) is 6.10. The number of nitrogens with zero attached hydrogens (tertiary/aromatic N) is 3. The van der Waals surface area contributed by atoms with Gasteiger partial charge >= 0.3 is 0 Å². The SMILES string of the molecule is C=CC(=O)N(C)c1ccc(C(=O)N2CCN(CC)CC2CC)cc1. The Balaban J connectivity index is 2.12. The zero-order valence-electron chi connectivity index (χ0n) is 14.9. The minimum atomic E-state index is -0.171. The van der Waals surface area contributed by atoms with Crippen LogP contribution in [0.5, 0.6) is 0 Å². The Kier molecular flexibility index (Phi) is 6.15. The van der Waals surface area contributed by atoms with E-state index in [0.717, 1.165) is 38.3 Å². The summed E-state index contributed by atoms with van der Waals surface area (Å²) in [4.78, 5) is 30.4. The molecule has 0 saturated carbocycles. The van der Waals surface area contributed by atoms with Crippen LogP contribution in [0, 0.1) is 0 Å². The molecule has 1 fully saturated rings. The molecule has 1 aromatic rings. The quantitative estimate of drug-likeness (QED) is 0.779. The number of carbonyl (C=O) groups excluding carboxylic acids is 2. The molecule has 2 amide bonds. The van der Waals surface area contributed by atoms with Gasteiger partial charge in [0.1, 0.15) is 0 Å². The number of likely N-dealkylation sites (N-methyl/N-ethyl adjacent to an activating group) is 2. The van der Waals surface area contributed by atoms with E-state index in [1.54, 1.807) is 31.3 Å². The van der Waals surface area contributed by atoms with Gasteiger partial charge in [0.2, 0.25) is 5.91 Å². The van der Waals surface area contributed by atoms with Crippen molar-refractivity contribution in [2.75, 3.05) is 38.1 Å². The average molecular weight is 329 g/mol. The van der Waals surface area contributed by atoms with E-state index in [0.29, 0.717) is 5.56 Å². The smallest absolute Gasteiger partial charge is 0.254 e. The van der Waals surface area contributed by atoms with E-state index < -0.39 is 0 Å². The number of amides is 2. The summed E-state index contributed by atoms with van der Waals surface area (Å²) in [7, 11) is 1.69. The molecule has 0 aliphatic carbocycles. The van der Waals surface area contributed by atoms with E-state index in [9.17, 15) is 9.59 Å². The molecular formula is C19H27N3O2. The Morgan fingerprint density at radius 1 is 1.25 bits per heavy atom. The van der Waals surface area contributed by atoms with Crippen molar-refractivity contribution in [3.8, 4) is 0 Å². The maximum absolute atomic E-state index is 12.8. The molecule has 1 aliphatic rings. The van der Waals surface area contributed by atoms with Crippen molar-refractivity contribution in [2.45, 2.75) is 26.3 Å². The van der Waals surface area contributed by atoms with E-state index in [4.69, 9.17) is 0 Å². The van der Waals surface area contributed by atoms with Gasteiger partial charge in [0.25, 0.3) is 5.91 Å². The summed E-state index contributed by atoms with van der Waals surface area (Å²) in [5, 5.41) is 0. The highest BCUT2D eigenvalue weighted by molar-refractivity contribution is 6.01. The molecule has 0 radical (unpaired) electrons. The van der Waals surface area contributed by atoms with Crippen molar-refractivity contribution >= 4 is 17.5 Å². The highest BCUT2D eigenvalue weighted by atomic mass is 16.2. The molecule has 1 saturated heterocycles. The summed E-state index contributed by atoms with van der Waals surface area (Å²) < 4.78 is 0. The number of hydrogen-bond donors (Lipinski definition) is 0. The Hall–Kier alpha value is -2.14. The van der Waals surface area contributed by atoms with Gasteiger partial charge in [0.15, 0.2) is 0 Å². The highest BCUT2D eigenvalue weighted by Gasteiger charge is 2.29. The third-order valence-corrected chi connectivity index (χ3v) is 4.75. The molecule has 5 nitrogen and oxygen atoms in total. The molecule has 0 N–H and O–H groups in total. The second kappa shape index (κ2) is 8.11. The van der Waals surface area contributed by atoms with E-state index >= 15 is 0 Å². The lowest BCUT2D eigenvalue weighted by molar-refractivity contribution is -0.113. The van der Waals surface area contributed by atoms with Gasteiger partial charge in [-0.05, 0) is 43.3 Å². The van der Waals surface area contributed by atoms with Crippen LogP contribution in [0.3, 0.4) is 0 Å². The maximum atomic E-state index is 12.8. The van der Waals surface area contributed by atoms with Crippen molar-refractivity contribution in [1.82, 2.24) is 9.80 Å². The monoisotopic (exact) mass is 329 g/mol. The molecule has 0 bridgehead atoms. The minimum absolute atomic E-state index is 0.0712. The molecule has 1 aromatic carbocycles. The first kappa shape index (κ1) is 18.2. The molecular weight excluding hydrogens is 302 g/mol. The highest BCUT2D eigenvalue weighted by Crippen LogP contribution is 2.19. The van der Waals surface area contributed by atoms with Gasteiger partial charge in [-0.3, -0.25) is 14.5 Å². The molecule has 1 atom stereocenters. The van der Waals surface area contributed by atoms with Crippen LogP contribution in [0.4, 0.5) is 5.69 Å².